The molecule has 1 amide bonds. The molecule has 1 aromatic heterocycles. The number of benzene rings is 2. The lowest BCUT2D eigenvalue weighted by Gasteiger charge is -2.14. The third-order valence-corrected chi connectivity index (χ3v) is 4.38. The Morgan fingerprint density at radius 3 is 2.14 bits per heavy atom. The van der Waals surface area contributed by atoms with E-state index in [0.717, 1.165) is 16.9 Å². The highest BCUT2D eigenvalue weighted by molar-refractivity contribution is 5.94. The zero-order valence-electron chi connectivity index (χ0n) is 16.4. The van der Waals surface area contributed by atoms with E-state index < -0.39 is 0 Å². The lowest BCUT2D eigenvalue weighted by molar-refractivity contribution is 0.0951. The van der Waals surface area contributed by atoms with Crippen LogP contribution in [0.15, 0.2) is 48.7 Å². The van der Waals surface area contributed by atoms with Gasteiger partial charge in [-0.25, -0.2) is 4.68 Å². The predicted octanol–water partition coefficient (Wildman–Crippen LogP) is 3.14. The number of hydrogen-bond donors (Lipinski definition) is 1. The third-order valence-electron chi connectivity index (χ3n) is 4.38. The van der Waals surface area contributed by atoms with E-state index >= 15 is 0 Å². The molecule has 7 heteroatoms. The van der Waals surface area contributed by atoms with Crippen molar-refractivity contribution in [2.24, 2.45) is 0 Å². The van der Waals surface area contributed by atoms with Crippen molar-refractivity contribution in [2.45, 2.75) is 13.5 Å². The molecule has 0 aliphatic carbocycles. The molecule has 0 spiro atoms. The Morgan fingerprint density at radius 2 is 1.64 bits per heavy atom. The van der Waals surface area contributed by atoms with Gasteiger partial charge in [0.25, 0.3) is 5.91 Å². The number of hydrogen-bond acceptors (Lipinski definition) is 5. The van der Waals surface area contributed by atoms with Gasteiger partial charge in [0.05, 0.1) is 27.0 Å². The van der Waals surface area contributed by atoms with E-state index in [4.69, 9.17) is 14.2 Å². The van der Waals surface area contributed by atoms with Gasteiger partial charge in [0.15, 0.2) is 11.5 Å². The minimum atomic E-state index is -0.169. The van der Waals surface area contributed by atoms with Crippen LogP contribution in [0.4, 0.5) is 0 Å². The summed E-state index contributed by atoms with van der Waals surface area (Å²) in [7, 11) is 4.67. The molecule has 3 aromatic rings. The molecule has 1 N–H and O–H groups in total. The van der Waals surface area contributed by atoms with Crippen molar-refractivity contribution in [1.29, 1.82) is 0 Å². The summed E-state index contributed by atoms with van der Waals surface area (Å²) in [6.07, 6.45) is 1.74. The first-order chi connectivity index (χ1) is 13.6. The van der Waals surface area contributed by atoms with Crippen molar-refractivity contribution in [2.75, 3.05) is 21.3 Å². The fourth-order valence-corrected chi connectivity index (χ4v) is 2.92. The van der Waals surface area contributed by atoms with Crippen LogP contribution in [0.25, 0.3) is 5.69 Å². The first kappa shape index (κ1) is 19.3. The van der Waals surface area contributed by atoms with E-state index in [0.29, 0.717) is 29.4 Å². The fourth-order valence-electron chi connectivity index (χ4n) is 2.92. The van der Waals surface area contributed by atoms with Gasteiger partial charge in [-0.1, -0.05) is 0 Å². The summed E-state index contributed by atoms with van der Waals surface area (Å²) in [4.78, 5) is 12.5. The number of amides is 1. The minimum Gasteiger partial charge on any atom is -0.493 e. The molecule has 0 aliphatic heterocycles. The molecule has 0 bridgehead atoms. The van der Waals surface area contributed by atoms with Crippen LogP contribution in [0.2, 0.25) is 0 Å². The molecular weight excluding hydrogens is 358 g/mol. The zero-order chi connectivity index (χ0) is 20.1. The molecule has 0 fully saturated rings. The van der Waals surface area contributed by atoms with Crippen molar-refractivity contribution >= 4 is 5.91 Å². The van der Waals surface area contributed by atoms with Crippen molar-refractivity contribution in [3.63, 3.8) is 0 Å². The Bertz CT molecular complexity index is 939. The molecule has 0 unspecified atom stereocenters. The number of carbonyl (C=O) groups is 1. The standard InChI is InChI=1S/C21H23N3O4/c1-14-9-10-23-24(14)17-7-5-16(6-8-17)21(25)22-13-15-11-18(26-2)20(28-4)19(12-15)27-3/h5-12H,13H2,1-4H3,(H,22,25). The smallest absolute Gasteiger partial charge is 0.251 e. The summed E-state index contributed by atoms with van der Waals surface area (Å²) >= 11 is 0. The maximum atomic E-state index is 12.5. The minimum absolute atomic E-state index is 0.169. The van der Waals surface area contributed by atoms with Gasteiger partial charge in [0.2, 0.25) is 5.75 Å². The third kappa shape index (κ3) is 3.93. The average molecular weight is 381 g/mol. The summed E-state index contributed by atoms with van der Waals surface area (Å²) < 4.78 is 17.8. The molecule has 2 aromatic carbocycles. The van der Waals surface area contributed by atoms with Crippen LogP contribution in [0.1, 0.15) is 21.6 Å². The second kappa shape index (κ2) is 8.47. The maximum absolute atomic E-state index is 12.5. The highest BCUT2D eigenvalue weighted by atomic mass is 16.5. The van der Waals surface area contributed by atoms with Crippen LogP contribution in [0.3, 0.4) is 0 Å². The van der Waals surface area contributed by atoms with Crippen LogP contribution in [0.5, 0.6) is 17.2 Å². The van der Waals surface area contributed by atoms with Gasteiger partial charge in [-0.05, 0) is 55.0 Å². The molecule has 0 aliphatic rings. The maximum Gasteiger partial charge on any atom is 0.251 e. The lowest BCUT2D eigenvalue weighted by atomic mass is 10.1. The predicted molar refractivity (Wildman–Crippen MR) is 106 cm³/mol. The molecule has 7 nitrogen and oxygen atoms in total. The van der Waals surface area contributed by atoms with Crippen LogP contribution < -0.4 is 19.5 Å². The summed E-state index contributed by atoms with van der Waals surface area (Å²) in [5.41, 5.74) is 3.34. The number of nitrogens with zero attached hydrogens (tertiary/aromatic N) is 2. The van der Waals surface area contributed by atoms with E-state index in [1.54, 1.807) is 39.7 Å². The normalized spacial score (nSPS) is 10.4. The van der Waals surface area contributed by atoms with Crippen molar-refractivity contribution in [3.05, 3.63) is 65.5 Å². The molecule has 0 saturated heterocycles. The highest BCUT2D eigenvalue weighted by Crippen LogP contribution is 2.38. The van der Waals surface area contributed by atoms with Crippen molar-refractivity contribution < 1.29 is 19.0 Å². The molecule has 146 valence electrons. The van der Waals surface area contributed by atoms with Gasteiger partial charge in [-0.15, -0.1) is 0 Å². The molecule has 0 saturated carbocycles. The van der Waals surface area contributed by atoms with Gasteiger partial charge in [-0.2, -0.15) is 5.10 Å². The second-order valence-electron chi connectivity index (χ2n) is 6.15. The molecule has 0 radical (unpaired) electrons. The van der Waals surface area contributed by atoms with E-state index in [-0.39, 0.29) is 5.91 Å². The summed E-state index contributed by atoms with van der Waals surface area (Å²) in [5.74, 6) is 1.44. The Labute approximate surface area is 163 Å². The monoisotopic (exact) mass is 381 g/mol. The van der Waals surface area contributed by atoms with Gasteiger partial charge in [-0.3, -0.25) is 4.79 Å². The number of methoxy groups -OCH3 is 3. The summed E-state index contributed by atoms with van der Waals surface area (Å²) in [6.45, 7) is 2.31. The topological polar surface area (TPSA) is 74.6 Å². The second-order valence-corrected chi connectivity index (χ2v) is 6.15. The Hall–Kier alpha value is -3.48. The van der Waals surface area contributed by atoms with E-state index in [1.807, 2.05) is 41.9 Å². The largest absolute Gasteiger partial charge is 0.493 e. The fraction of sp³-hybridized carbons (Fsp3) is 0.238. The molecule has 3 rings (SSSR count). The Balaban J connectivity index is 1.71. The van der Waals surface area contributed by atoms with Gasteiger partial charge < -0.3 is 19.5 Å². The summed E-state index contributed by atoms with van der Waals surface area (Å²) in [5, 5.41) is 7.17. The number of aryl methyl sites for hydroxylation is 1. The molecule has 28 heavy (non-hydrogen) atoms. The first-order valence-electron chi connectivity index (χ1n) is 8.75. The molecule has 0 atom stereocenters. The van der Waals surface area contributed by atoms with Crippen LogP contribution in [-0.2, 0) is 6.54 Å². The number of nitrogens with one attached hydrogen (secondary N) is 1. The van der Waals surface area contributed by atoms with Crippen molar-refractivity contribution in [1.82, 2.24) is 15.1 Å². The Morgan fingerprint density at radius 1 is 1.00 bits per heavy atom. The van der Waals surface area contributed by atoms with Gasteiger partial charge in [0, 0.05) is 24.0 Å². The zero-order valence-corrected chi connectivity index (χ0v) is 16.4. The van der Waals surface area contributed by atoms with E-state index in [9.17, 15) is 4.79 Å². The van der Waals surface area contributed by atoms with Crippen LogP contribution in [0, 0.1) is 6.92 Å². The average Bonchev–Trinajstić information content (AvgIpc) is 3.16. The number of aromatic nitrogens is 2. The SMILES string of the molecule is COc1cc(CNC(=O)c2ccc(-n3nccc3C)cc2)cc(OC)c1OC. The Kier molecular flexibility index (Phi) is 5.84. The molecular formula is C21H23N3O4. The number of rotatable bonds is 7. The first-order valence-corrected chi connectivity index (χ1v) is 8.75. The van der Waals surface area contributed by atoms with Gasteiger partial charge >= 0.3 is 0 Å². The highest BCUT2D eigenvalue weighted by Gasteiger charge is 2.14. The van der Waals surface area contributed by atoms with E-state index in [1.165, 1.54) is 0 Å². The van der Waals surface area contributed by atoms with E-state index in [2.05, 4.69) is 10.4 Å². The van der Waals surface area contributed by atoms with Gasteiger partial charge in [0.1, 0.15) is 0 Å². The summed E-state index contributed by atoms with van der Waals surface area (Å²) in [6, 6.07) is 12.8. The quantitative estimate of drug-likeness (QED) is 0.681. The van der Waals surface area contributed by atoms with Crippen LogP contribution in [-0.4, -0.2) is 37.0 Å². The van der Waals surface area contributed by atoms with Crippen molar-refractivity contribution in [3.8, 4) is 22.9 Å². The number of ether oxygens (including phenoxy) is 3. The van der Waals surface area contributed by atoms with Crippen LogP contribution >= 0.6 is 0 Å². The number of carbonyl (C=O) groups excluding carboxylic acids is 1. The lowest BCUT2D eigenvalue weighted by Crippen LogP contribution is -2.22. The molecule has 1 heterocycles.